The second kappa shape index (κ2) is 7.11. The number of carbonyl (C=O) groups is 2. The third-order valence-electron chi connectivity index (χ3n) is 3.98. The van der Waals surface area contributed by atoms with Gasteiger partial charge in [-0.1, -0.05) is 19.3 Å². The molecule has 0 aromatic rings. The Hall–Kier alpha value is -1.30. The first kappa shape index (κ1) is 17.8. The fourth-order valence-corrected chi connectivity index (χ4v) is 3.04. The highest BCUT2D eigenvalue weighted by Crippen LogP contribution is 2.36. The number of carboxylic acids is 1. The summed E-state index contributed by atoms with van der Waals surface area (Å²) < 4.78 is 5.33. The van der Waals surface area contributed by atoms with Gasteiger partial charge < -0.3 is 20.9 Å². The predicted molar refractivity (Wildman–Crippen MR) is 80.0 cm³/mol. The molecule has 1 saturated carbocycles. The number of alkyl carbamates (subject to hydrolysis) is 1. The summed E-state index contributed by atoms with van der Waals surface area (Å²) in [5.41, 5.74) is 4.64. The summed E-state index contributed by atoms with van der Waals surface area (Å²) in [5, 5.41) is 12.0. The normalized spacial score (nSPS) is 19.6. The third-order valence-corrected chi connectivity index (χ3v) is 3.98. The smallest absolute Gasteiger partial charge is 0.408 e. The summed E-state index contributed by atoms with van der Waals surface area (Å²) in [5.74, 6) is -1.16. The molecule has 4 N–H and O–H groups in total. The Labute approximate surface area is 126 Å². The van der Waals surface area contributed by atoms with Crippen molar-refractivity contribution in [3.8, 4) is 0 Å². The Morgan fingerprint density at radius 3 is 2.29 bits per heavy atom. The van der Waals surface area contributed by atoms with E-state index in [1.165, 1.54) is 0 Å². The molecule has 1 aliphatic rings. The Morgan fingerprint density at radius 1 is 1.29 bits per heavy atom. The van der Waals surface area contributed by atoms with Crippen molar-refractivity contribution in [2.75, 3.05) is 6.54 Å². The summed E-state index contributed by atoms with van der Waals surface area (Å²) >= 11 is 0. The number of nitrogens with two attached hydrogens (primary N) is 1. The predicted octanol–water partition coefficient (Wildman–Crippen LogP) is 2.26. The van der Waals surface area contributed by atoms with Gasteiger partial charge in [-0.2, -0.15) is 0 Å². The lowest BCUT2D eigenvalue weighted by molar-refractivity contribution is -0.139. The number of rotatable bonds is 5. The van der Waals surface area contributed by atoms with E-state index in [9.17, 15) is 9.59 Å². The van der Waals surface area contributed by atoms with Gasteiger partial charge in [0.05, 0.1) is 6.42 Å². The molecule has 6 heteroatoms. The monoisotopic (exact) mass is 300 g/mol. The van der Waals surface area contributed by atoms with Crippen LogP contribution in [0.25, 0.3) is 0 Å². The topological polar surface area (TPSA) is 102 Å². The Morgan fingerprint density at radius 2 is 1.86 bits per heavy atom. The average Bonchev–Trinajstić information content (AvgIpc) is 2.34. The van der Waals surface area contributed by atoms with Crippen molar-refractivity contribution in [2.24, 2.45) is 11.7 Å². The maximum Gasteiger partial charge on any atom is 0.408 e. The Bertz CT molecular complexity index is 370. The first-order chi connectivity index (χ1) is 9.68. The molecule has 0 aromatic heterocycles. The summed E-state index contributed by atoms with van der Waals surface area (Å²) in [4.78, 5) is 23.2. The number of hydrogen-bond acceptors (Lipinski definition) is 4. The zero-order valence-electron chi connectivity index (χ0n) is 13.3. The van der Waals surface area contributed by atoms with Gasteiger partial charge >= 0.3 is 12.1 Å². The van der Waals surface area contributed by atoms with Gasteiger partial charge in [-0.3, -0.25) is 4.79 Å². The number of aliphatic carboxylic acids is 1. The van der Waals surface area contributed by atoms with Crippen LogP contribution in [-0.2, 0) is 9.53 Å². The molecule has 0 spiro atoms. The quantitative estimate of drug-likeness (QED) is 0.723. The van der Waals surface area contributed by atoms with Crippen molar-refractivity contribution in [1.82, 2.24) is 5.32 Å². The van der Waals surface area contributed by atoms with Gasteiger partial charge in [0.25, 0.3) is 0 Å². The van der Waals surface area contributed by atoms with E-state index in [0.717, 1.165) is 32.1 Å². The van der Waals surface area contributed by atoms with E-state index in [4.69, 9.17) is 15.6 Å². The second-order valence-corrected chi connectivity index (χ2v) is 6.87. The molecule has 0 bridgehead atoms. The fraction of sp³-hybridized carbons (Fsp3) is 0.867. The lowest BCUT2D eigenvalue weighted by atomic mass is 9.71. The largest absolute Gasteiger partial charge is 0.481 e. The molecule has 6 nitrogen and oxygen atoms in total. The molecule has 0 radical (unpaired) electrons. The van der Waals surface area contributed by atoms with E-state index in [1.807, 2.05) is 0 Å². The molecule has 1 rings (SSSR count). The summed E-state index contributed by atoms with van der Waals surface area (Å²) in [6.45, 7) is 5.65. The maximum absolute atomic E-state index is 12.1. The number of hydrogen-bond donors (Lipinski definition) is 3. The Balaban J connectivity index is 2.87. The molecule has 0 saturated heterocycles. The molecule has 21 heavy (non-hydrogen) atoms. The van der Waals surface area contributed by atoms with Gasteiger partial charge in [-0.25, -0.2) is 4.79 Å². The summed E-state index contributed by atoms with van der Waals surface area (Å²) in [6, 6.07) is 0. The minimum Gasteiger partial charge on any atom is -0.481 e. The van der Waals surface area contributed by atoms with Gasteiger partial charge in [0.2, 0.25) is 0 Å². The number of nitrogens with one attached hydrogen (secondary N) is 1. The fourth-order valence-electron chi connectivity index (χ4n) is 3.04. The standard InChI is InChI=1S/C15H28N2O4/c1-14(2,3)21-13(20)17-15(7-5-4-6-8-15)11(10-16)9-12(18)19/h11H,4-10,16H2,1-3H3,(H,17,20)(H,18,19). The molecule has 1 amide bonds. The van der Waals surface area contributed by atoms with E-state index in [2.05, 4.69) is 5.32 Å². The first-order valence-electron chi connectivity index (χ1n) is 7.61. The molecule has 1 fully saturated rings. The van der Waals surface area contributed by atoms with Crippen LogP contribution in [0, 0.1) is 5.92 Å². The van der Waals surface area contributed by atoms with Crippen molar-refractivity contribution in [2.45, 2.75) is 70.4 Å². The van der Waals surface area contributed by atoms with E-state index in [0.29, 0.717) is 0 Å². The molecular formula is C15H28N2O4. The van der Waals surface area contributed by atoms with Crippen molar-refractivity contribution in [3.05, 3.63) is 0 Å². The number of ether oxygens (including phenoxy) is 1. The van der Waals surface area contributed by atoms with Crippen LogP contribution in [0.3, 0.4) is 0 Å². The highest BCUT2D eigenvalue weighted by molar-refractivity contribution is 5.70. The number of carboxylic acid groups (broad SMARTS) is 1. The van der Waals surface area contributed by atoms with Crippen molar-refractivity contribution < 1.29 is 19.4 Å². The van der Waals surface area contributed by atoms with Crippen LogP contribution in [0.5, 0.6) is 0 Å². The van der Waals surface area contributed by atoms with Crippen LogP contribution in [0.15, 0.2) is 0 Å². The number of carbonyl (C=O) groups excluding carboxylic acids is 1. The third kappa shape index (κ3) is 5.53. The SMILES string of the molecule is CC(C)(C)OC(=O)NC1(C(CN)CC(=O)O)CCCCC1. The van der Waals surface area contributed by atoms with Crippen LogP contribution in [0.1, 0.15) is 59.3 Å². The molecule has 0 heterocycles. The van der Waals surface area contributed by atoms with Gasteiger partial charge in [0.1, 0.15) is 5.60 Å². The van der Waals surface area contributed by atoms with Crippen LogP contribution < -0.4 is 11.1 Å². The highest BCUT2D eigenvalue weighted by Gasteiger charge is 2.42. The molecule has 1 aliphatic carbocycles. The zero-order chi connectivity index (χ0) is 16.1. The first-order valence-corrected chi connectivity index (χ1v) is 7.61. The molecule has 0 aromatic carbocycles. The average molecular weight is 300 g/mol. The minimum atomic E-state index is -0.888. The van der Waals surface area contributed by atoms with E-state index in [-0.39, 0.29) is 18.9 Å². The zero-order valence-corrected chi connectivity index (χ0v) is 13.3. The van der Waals surface area contributed by atoms with Gasteiger partial charge in [0.15, 0.2) is 0 Å². The van der Waals surface area contributed by atoms with Crippen molar-refractivity contribution >= 4 is 12.1 Å². The van der Waals surface area contributed by atoms with Crippen molar-refractivity contribution in [3.63, 3.8) is 0 Å². The number of amides is 1. The summed E-state index contributed by atoms with van der Waals surface area (Å²) in [7, 11) is 0. The maximum atomic E-state index is 12.1. The van der Waals surface area contributed by atoms with E-state index >= 15 is 0 Å². The van der Waals surface area contributed by atoms with Gasteiger partial charge in [-0.15, -0.1) is 0 Å². The lowest BCUT2D eigenvalue weighted by Gasteiger charge is -2.43. The minimum absolute atomic E-state index is 0.0354. The lowest BCUT2D eigenvalue weighted by Crippen LogP contribution is -2.58. The molecule has 1 atom stereocenters. The Kier molecular flexibility index (Phi) is 6.01. The second-order valence-electron chi connectivity index (χ2n) is 6.87. The molecule has 0 aliphatic heterocycles. The van der Waals surface area contributed by atoms with Gasteiger partial charge in [-0.05, 0) is 40.2 Å². The molecule has 1 unspecified atom stereocenters. The van der Waals surface area contributed by atoms with Crippen LogP contribution in [0.4, 0.5) is 4.79 Å². The van der Waals surface area contributed by atoms with Crippen LogP contribution >= 0.6 is 0 Å². The van der Waals surface area contributed by atoms with Crippen LogP contribution in [-0.4, -0.2) is 34.9 Å². The summed E-state index contributed by atoms with van der Waals surface area (Å²) in [6.07, 6.45) is 4.00. The van der Waals surface area contributed by atoms with Crippen LogP contribution in [0.2, 0.25) is 0 Å². The molecular weight excluding hydrogens is 272 g/mol. The molecule has 122 valence electrons. The highest BCUT2D eigenvalue weighted by atomic mass is 16.6. The van der Waals surface area contributed by atoms with E-state index < -0.39 is 23.2 Å². The van der Waals surface area contributed by atoms with E-state index in [1.54, 1.807) is 20.8 Å². The van der Waals surface area contributed by atoms with Crippen molar-refractivity contribution in [1.29, 1.82) is 0 Å². The van der Waals surface area contributed by atoms with Gasteiger partial charge in [0, 0.05) is 11.5 Å².